The van der Waals surface area contributed by atoms with E-state index in [9.17, 15) is 21.6 Å². The molecule has 222 valence electrons. The number of sulfone groups is 1. The number of rotatable bonds is 5. The van der Waals surface area contributed by atoms with Crippen molar-refractivity contribution in [3.05, 3.63) is 84.3 Å². The molecule has 0 aliphatic carbocycles. The summed E-state index contributed by atoms with van der Waals surface area (Å²) in [5, 5.41) is 0. The summed E-state index contributed by atoms with van der Waals surface area (Å²) >= 11 is 0. The molecule has 0 unspecified atom stereocenters. The van der Waals surface area contributed by atoms with Crippen LogP contribution >= 0.6 is 0 Å². The lowest BCUT2D eigenvalue weighted by atomic mass is 9.98. The van der Waals surface area contributed by atoms with Gasteiger partial charge in [-0.05, 0) is 60.5 Å². The van der Waals surface area contributed by atoms with Gasteiger partial charge < -0.3 is 18.5 Å². The van der Waals surface area contributed by atoms with Crippen LogP contribution in [0.4, 0.5) is 13.2 Å². The van der Waals surface area contributed by atoms with Gasteiger partial charge in [0.1, 0.15) is 11.5 Å². The maximum absolute atomic E-state index is 13.6. The number of halogens is 3. The second kappa shape index (κ2) is 9.73. The number of oxazole rings is 1. The predicted molar refractivity (Wildman–Crippen MR) is 153 cm³/mol. The molecule has 0 N–H and O–H groups in total. The van der Waals surface area contributed by atoms with E-state index in [2.05, 4.69) is 9.97 Å². The Morgan fingerprint density at radius 3 is 2.26 bits per heavy atom. The van der Waals surface area contributed by atoms with E-state index in [0.29, 0.717) is 56.8 Å². The lowest BCUT2D eigenvalue weighted by Gasteiger charge is -2.16. The minimum absolute atomic E-state index is 0.118. The molecule has 6 rings (SSSR count). The summed E-state index contributed by atoms with van der Waals surface area (Å²) in [6.07, 6.45) is -2.58. The lowest BCUT2D eigenvalue weighted by molar-refractivity contribution is -0.141. The van der Waals surface area contributed by atoms with E-state index < -0.39 is 27.5 Å². The molecule has 0 atom stereocenters. The summed E-state index contributed by atoms with van der Waals surface area (Å²) in [7, 11) is -3.48. The molecule has 1 aliphatic heterocycles. The Morgan fingerprint density at radius 2 is 1.56 bits per heavy atom. The van der Waals surface area contributed by atoms with Gasteiger partial charge in [0, 0.05) is 44.4 Å². The number of nitrogens with zero attached hydrogens (tertiary/aromatic N) is 3. The molecule has 1 aliphatic rings. The molecule has 0 saturated heterocycles. The summed E-state index contributed by atoms with van der Waals surface area (Å²) in [6.45, 7) is 6.73. The first-order valence-electron chi connectivity index (χ1n) is 13.2. The van der Waals surface area contributed by atoms with E-state index >= 15 is 0 Å². The molecular weight excluding hydrogens is 583 g/mol. The van der Waals surface area contributed by atoms with Crippen molar-refractivity contribution in [1.82, 2.24) is 14.5 Å². The summed E-state index contributed by atoms with van der Waals surface area (Å²) in [5.41, 5.74) is 1.99. The van der Waals surface area contributed by atoms with Crippen LogP contribution in [0.1, 0.15) is 31.3 Å². The number of aromatic nitrogens is 3. The van der Waals surface area contributed by atoms with Crippen molar-refractivity contribution in [3.8, 4) is 50.9 Å². The third-order valence-electron chi connectivity index (χ3n) is 6.93. The Labute approximate surface area is 245 Å². The van der Waals surface area contributed by atoms with Crippen molar-refractivity contribution in [2.24, 2.45) is 0 Å². The fraction of sp³-hybridized carbons (Fsp3) is 0.226. The quantitative estimate of drug-likeness (QED) is 0.205. The first-order valence-corrected chi connectivity index (χ1v) is 15.1. The van der Waals surface area contributed by atoms with Crippen molar-refractivity contribution in [3.63, 3.8) is 0 Å². The normalized spacial score (nSPS) is 14.3. The van der Waals surface area contributed by atoms with Crippen LogP contribution in [-0.2, 0) is 16.0 Å². The minimum Gasteiger partial charge on any atom is -0.449 e. The maximum atomic E-state index is 13.6. The van der Waals surface area contributed by atoms with Crippen LogP contribution in [-0.4, -0.2) is 35.0 Å². The molecule has 43 heavy (non-hydrogen) atoms. The summed E-state index contributed by atoms with van der Waals surface area (Å²) in [6, 6.07) is 16.9. The third kappa shape index (κ3) is 5.38. The summed E-state index contributed by atoms with van der Waals surface area (Å²) in [5.74, 6) is 1.04. The van der Waals surface area contributed by atoms with Gasteiger partial charge in [-0.2, -0.15) is 13.2 Å². The van der Waals surface area contributed by atoms with Crippen LogP contribution in [0.25, 0.3) is 39.4 Å². The fourth-order valence-electron chi connectivity index (χ4n) is 5.04. The van der Waals surface area contributed by atoms with Gasteiger partial charge in [-0.1, -0.05) is 18.2 Å². The second-order valence-electron chi connectivity index (χ2n) is 10.7. The van der Waals surface area contributed by atoms with E-state index in [1.165, 1.54) is 17.6 Å². The van der Waals surface area contributed by atoms with E-state index in [1.807, 2.05) is 0 Å². The van der Waals surface area contributed by atoms with E-state index in [1.54, 1.807) is 75.4 Å². The molecule has 0 amide bonds. The highest BCUT2D eigenvalue weighted by atomic mass is 32.2. The third-order valence-corrected chi connectivity index (χ3v) is 8.04. The molecule has 3 heterocycles. The zero-order chi connectivity index (χ0) is 30.9. The largest absolute Gasteiger partial charge is 0.449 e. The number of aryl methyl sites for hydroxylation is 2. The fourth-order valence-corrected chi connectivity index (χ4v) is 5.71. The van der Waals surface area contributed by atoms with Crippen molar-refractivity contribution in [2.75, 3.05) is 6.26 Å². The highest BCUT2D eigenvalue weighted by Gasteiger charge is 2.35. The minimum atomic E-state index is -4.64. The van der Waals surface area contributed by atoms with Crippen LogP contribution in [0, 0.1) is 13.8 Å². The van der Waals surface area contributed by atoms with Gasteiger partial charge in [-0.15, -0.1) is 0 Å². The lowest BCUT2D eigenvalue weighted by Crippen LogP contribution is -2.29. The second-order valence-corrected chi connectivity index (χ2v) is 12.8. The molecule has 5 aromatic rings. The van der Waals surface area contributed by atoms with Gasteiger partial charge in [0.15, 0.2) is 38.7 Å². The Kier molecular flexibility index (Phi) is 6.46. The molecule has 2 aromatic heterocycles. The van der Waals surface area contributed by atoms with Crippen LogP contribution in [0.15, 0.2) is 76.2 Å². The van der Waals surface area contributed by atoms with Crippen LogP contribution in [0.2, 0.25) is 0 Å². The zero-order valence-corrected chi connectivity index (χ0v) is 24.6. The molecule has 0 radical (unpaired) electrons. The van der Waals surface area contributed by atoms with Crippen LogP contribution in [0.3, 0.4) is 0 Å². The van der Waals surface area contributed by atoms with Crippen LogP contribution in [0.5, 0.6) is 11.5 Å². The standard InChI is InChI=1S/C31H26F3N3O5S/c1-17-35-27(31(32,33)34)16-37(17)24-11-9-20(19-7-6-8-22(13-19)43(5,38)39)14-23(24)28-29(40-18(2)36-28)21-10-12-25-26(15-21)42-30(3,4)41-25/h6-16H,1-5H3. The van der Waals surface area contributed by atoms with Crippen molar-refractivity contribution in [2.45, 2.75) is 44.6 Å². The number of fused-ring (bicyclic) bond motifs is 1. The number of alkyl halides is 3. The molecule has 0 spiro atoms. The van der Waals surface area contributed by atoms with Crippen molar-refractivity contribution >= 4 is 9.84 Å². The summed E-state index contributed by atoms with van der Waals surface area (Å²) < 4.78 is 84.5. The van der Waals surface area contributed by atoms with E-state index in [0.717, 1.165) is 12.5 Å². The Balaban J connectivity index is 1.57. The van der Waals surface area contributed by atoms with Gasteiger partial charge in [0.2, 0.25) is 5.79 Å². The van der Waals surface area contributed by atoms with E-state index in [-0.39, 0.29) is 10.7 Å². The van der Waals surface area contributed by atoms with Gasteiger partial charge in [0.05, 0.1) is 10.6 Å². The number of hydrogen-bond acceptors (Lipinski definition) is 7. The van der Waals surface area contributed by atoms with E-state index in [4.69, 9.17) is 13.9 Å². The predicted octanol–water partition coefficient (Wildman–Crippen LogP) is 7.41. The highest BCUT2D eigenvalue weighted by molar-refractivity contribution is 7.90. The summed E-state index contributed by atoms with van der Waals surface area (Å²) in [4.78, 5) is 8.54. The number of benzene rings is 3. The molecule has 12 heteroatoms. The maximum Gasteiger partial charge on any atom is 0.434 e. The number of ether oxygens (including phenoxy) is 2. The smallest absolute Gasteiger partial charge is 0.434 e. The SMILES string of the molecule is Cc1nc(-c2cc(-c3cccc(S(C)(=O)=O)c3)ccc2-n2cc(C(F)(F)F)nc2C)c(-c2ccc3c(c2)OC(C)(C)O3)o1. The Morgan fingerprint density at radius 1 is 0.860 bits per heavy atom. The number of hydrogen-bond donors (Lipinski definition) is 0. The molecule has 3 aromatic carbocycles. The average Bonchev–Trinajstić information content (AvgIpc) is 3.60. The van der Waals surface area contributed by atoms with Gasteiger partial charge in [-0.3, -0.25) is 0 Å². The zero-order valence-electron chi connectivity index (χ0n) is 23.8. The monoisotopic (exact) mass is 609 g/mol. The Hall–Kier alpha value is -4.58. The van der Waals surface area contributed by atoms with Crippen molar-refractivity contribution in [1.29, 1.82) is 0 Å². The average molecular weight is 610 g/mol. The Bertz CT molecular complexity index is 2010. The highest BCUT2D eigenvalue weighted by Crippen LogP contribution is 2.45. The van der Waals surface area contributed by atoms with Gasteiger partial charge in [-0.25, -0.2) is 18.4 Å². The molecule has 8 nitrogen and oxygen atoms in total. The molecule has 0 bridgehead atoms. The van der Waals surface area contributed by atoms with Gasteiger partial charge in [0.25, 0.3) is 0 Å². The first kappa shape index (κ1) is 28.5. The van der Waals surface area contributed by atoms with Crippen LogP contribution < -0.4 is 9.47 Å². The molecular formula is C31H26F3N3O5S. The van der Waals surface area contributed by atoms with Gasteiger partial charge >= 0.3 is 6.18 Å². The topological polar surface area (TPSA) is 96.5 Å². The molecule has 0 fully saturated rings. The molecule has 0 saturated carbocycles. The number of imidazole rings is 1. The van der Waals surface area contributed by atoms with Crippen molar-refractivity contribution < 1.29 is 35.5 Å². The first-order chi connectivity index (χ1) is 20.1.